The third-order valence-electron chi connectivity index (χ3n) is 5.93. The van der Waals surface area contributed by atoms with Crippen LogP contribution in [0.5, 0.6) is 0 Å². The number of hydrogen-bond acceptors (Lipinski definition) is 5. The van der Waals surface area contributed by atoms with Crippen LogP contribution in [-0.4, -0.2) is 38.8 Å². The summed E-state index contributed by atoms with van der Waals surface area (Å²) in [5.41, 5.74) is 1.86. The van der Waals surface area contributed by atoms with Gasteiger partial charge in [0.15, 0.2) is 0 Å². The zero-order chi connectivity index (χ0) is 22.7. The lowest BCUT2D eigenvalue weighted by molar-refractivity contribution is 0.0905. The Morgan fingerprint density at radius 2 is 1.91 bits per heavy atom. The number of oxazole rings is 1. The van der Waals surface area contributed by atoms with Gasteiger partial charge in [-0.3, -0.25) is 9.59 Å². The van der Waals surface area contributed by atoms with Crippen molar-refractivity contribution in [3.63, 3.8) is 0 Å². The average Bonchev–Trinajstić information content (AvgIpc) is 3.33. The van der Waals surface area contributed by atoms with Gasteiger partial charge in [-0.25, -0.2) is 9.97 Å². The highest BCUT2D eigenvalue weighted by atomic mass is 16.4. The van der Waals surface area contributed by atoms with Gasteiger partial charge in [-0.1, -0.05) is 26.0 Å². The zero-order valence-electron chi connectivity index (χ0n) is 18.6. The Morgan fingerprint density at radius 1 is 1.16 bits per heavy atom. The molecule has 0 saturated heterocycles. The van der Waals surface area contributed by atoms with E-state index >= 15 is 0 Å². The largest absolute Gasteiger partial charge is 0.431 e. The standard InChI is InChI=1S/C24H29N5O3/c1-4-18(5-2)28-23(31)20-13-26-24(32-20)17-8-6-7-16(11-17)21-25-12-19(29-21)22(30)27-14(3)15-9-10-15/h6-8,11-15,18H,4-5,9-10H2,1-3H3,(H,25,29)(H,27,30)(H,28,31)/t14-/m0/s1. The maximum Gasteiger partial charge on any atom is 0.288 e. The second kappa shape index (κ2) is 9.38. The lowest BCUT2D eigenvalue weighted by Crippen LogP contribution is -2.34. The molecular weight excluding hydrogens is 406 g/mol. The summed E-state index contributed by atoms with van der Waals surface area (Å²) >= 11 is 0. The summed E-state index contributed by atoms with van der Waals surface area (Å²) in [5, 5.41) is 5.96. The third kappa shape index (κ3) is 4.90. The maximum absolute atomic E-state index is 12.5. The van der Waals surface area contributed by atoms with Crippen molar-refractivity contribution in [1.82, 2.24) is 25.6 Å². The second-order valence-corrected chi connectivity index (χ2v) is 8.33. The molecule has 8 nitrogen and oxygen atoms in total. The normalized spacial score (nSPS) is 14.4. The van der Waals surface area contributed by atoms with E-state index in [1.165, 1.54) is 19.0 Å². The molecule has 0 spiro atoms. The van der Waals surface area contributed by atoms with Gasteiger partial charge in [0.05, 0.1) is 6.20 Å². The molecule has 0 unspecified atom stereocenters. The summed E-state index contributed by atoms with van der Waals surface area (Å²) in [5.74, 6) is 1.24. The van der Waals surface area contributed by atoms with E-state index in [1.54, 1.807) is 6.20 Å². The zero-order valence-corrected chi connectivity index (χ0v) is 18.6. The third-order valence-corrected chi connectivity index (χ3v) is 5.93. The lowest BCUT2D eigenvalue weighted by atomic mass is 10.1. The molecule has 1 fully saturated rings. The number of nitrogens with one attached hydrogen (secondary N) is 3. The Labute approximate surface area is 187 Å². The summed E-state index contributed by atoms with van der Waals surface area (Å²) < 4.78 is 5.71. The second-order valence-electron chi connectivity index (χ2n) is 8.33. The van der Waals surface area contributed by atoms with Crippen LogP contribution in [0.4, 0.5) is 0 Å². The average molecular weight is 436 g/mol. The van der Waals surface area contributed by atoms with Crippen molar-refractivity contribution in [1.29, 1.82) is 0 Å². The topological polar surface area (TPSA) is 113 Å². The first-order chi connectivity index (χ1) is 15.5. The Morgan fingerprint density at radius 3 is 2.62 bits per heavy atom. The number of imidazole rings is 1. The molecule has 1 aliphatic rings. The Bertz CT molecular complexity index is 1030. The molecule has 3 aromatic rings. The highest BCUT2D eigenvalue weighted by Crippen LogP contribution is 2.32. The van der Waals surface area contributed by atoms with Gasteiger partial charge in [0.1, 0.15) is 11.5 Å². The molecule has 2 heterocycles. The summed E-state index contributed by atoms with van der Waals surface area (Å²) in [4.78, 5) is 36.6. The highest BCUT2D eigenvalue weighted by Gasteiger charge is 2.29. The molecule has 1 aromatic carbocycles. The first kappa shape index (κ1) is 21.8. The SMILES string of the molecule is CCC(CC)NC(=O)c1cnc(-c2cccc(-c3nc(C(=O)N[C@@H](C)C4CC4)c[nH]3)c2)o1. The van der Waals surface area contributed by atoms with Gasteiger partial charge in [0.25, 0.3) is 11.8 Å². The molecule has 3 N–H and O–H groups in total. The van der Waals surface area contributed by atoms with E-state index in [2.05, 4.69) is 25.6 Å². The van der Waals surface area contributed by atoms with Crippen LogP contribution in [0.25, 0.3) is 22.8 Å². The molecule has 168 valence electrons. The minimum atomic E-state index is -0.268. The molecule has 0 radical (unpaired) electrons. The molecule has 4 rings (SSSR count). The van der Waals surface area contributed by atoms with E-state index in [0.29, 0.717) is 28.9 Å². The van der Waals surface area contributed by atoms with Crippen LogP contribution in [0.15, 0.2) is 41.1 Å². The van der Waals surface area contributed by atoms with Crippen molar-refractivity contribution < 1.29 is 14.0 Å². The number of aromatic nitrogens is 3. The summed E-state index contributed by atoms with van der Waals surface area (Å²) in [6.07, 6.45) is 7.10. The molecule has 2 aromatic heterocycles. The number of carbonyl (C=O) groups is 2. The van der Waals surface area contributed by atoms with Gasteiger partial charge in [0, 0.05) is 29.4 Å². The van der Waals surface area contributed by atoms with Gasteiger partial charge in [-0.15, -0.1) is 0 Å². The van der Waals surface area contributed by atoms with E-state index in [-0.39, 0.29) is 29.7 Å². The van der Waals surface area contributed by atoms with Crippen LogP contribution in [0.1, 0.15) is 67.5 Å². The predicted molar refractivity (Wildman–Crippen MR) is 121 cm³/mol. The molecule has 8 heteroatoms. The molecular formula is C24H29N5O3. The molecule has 1 saturated carbocycles. The molecule has 2 amide bonds. The molecule has 1 aliphatic carbocycles. The number of amides is 2. The fourth-order valence-electron chi connectivity index (χ4n) is 3.64. The number of aromatic amines is 1. The fraction of sp³-hybridized carbons (Fsp3) is 0.417. The van der Waals surface area contributed by atoms with Crippen LogP contribution >= 0.6 is 0 Å². The van der Waals surface area contributed by atoms with E-state index in [9.17, 15) is 9.59 Å². The number of nitrogens with zero attached hydrogens (tertiary/aromatic N) is 2. The van der Waals surface area contributed by atoms with E-state index < -0.39 is 0 Å². The Kier molecular flexibility index (Phi) is 6.39. The van der Waals surface area contributed by atoms with Gasteiger partial charge in [0.2, 0.25) is 11.7 Å². The van der Waals surface area contributed by atoms with Crippen molar-refractivity contribution >= 4 is 11.8 Å². The quantitative estimate of drug-likeness (QED) is 0.467. The van der Waals surface area contributed by atoms with Crippen molar-refractivity contribution in [3.8, 4) is 22.8 Å². The summed E-state index contributed by atoms with van der Waals surface area (Å²) in [6.45, 7) is 6.09. The Hall–Kier alpha value is -3.42. The highest BCUT2D eigenvalue weighted by molar-refractivity contribution is 5.93. The van der Waals surface area contributed by atoms with Crippen LogP contribution < -0.4 is 10.6 Å². The van der Waals surface area contributed by atoms with Crippen LogP contribution in [0.3, 0.4) is 0 Å². The number of H-pyrrole nitrogens is 1. The van der Waals surface area contributed by atoms with Crippen LogP contribution in [0.2, 0.25) is 0 Å². The van der Waals surface area contributed by atoms with Crippen molar-refractivity contribution in [3.05, 3.63) is 48.1 Å². The first-order valence-electron chi connectivity index (χ1n) is 11.2. The smallest absolute Gasteiger partial charge is 0.288 e. The summed E-state index contributed by atoms with van der Waals surface area (Å²) in [7, 11) is 0. The number of benzene rings is 1. The minimum Gasteiger partial charge on any atom is -0.431 e. The molecule has 0 bridgehead atoms. The predicted octanol–water partition coefficient (Wildman–Crippen LogP) is 4.18. The maximum atomic E-state index is 12.5. The number of carbonyl (C=O) groups excluding carboxylic acids is 2. The lowest BCUT2D eigenvalue weighted by Gasteiger charge is -2.12. The van der Waals surface area contributed by atoms with Gasteiger partial charge in [-0.05, 0) is 50.7 Å². The van der Waals surface area contributed by atoms with Crippen molar-refractivity contribution in [2.45, 2.75) is 58.5 Å². The van der Waals surface area contributed by atoms with Gasteiger partial charge in [-0.2, -0.15) is 0 Å². The van der Waals surface area contributed by atoms with Gasteiger partial charge >= 0.3 is 0 Å². The fourth-order valence-corrected chi connectivity index (χ4v) is 3.64. The molecule has 32 heavy (non-hydrogen) atoms. The van der Waals surface area contributed by atoms with Crippen LogP contribution in [0, 0.1) is 5.92 Å². The number of hydrogen-bond donors (Lipinski definition) is 3. The molecule has 0 aliphatic heterocycles. The van der Waals surface area contributed by atoms with Crippen molar-refractivity contribution in [2.75, 3.05) is 0 Å². The summed E-state index contributed by atoms with van der Waals surface area (Å²) in [6, 6.07) is 7.73. The monoisotopic (exact) mass is 435 g/mol. The number of rotatable bonds is 9. The van der Waals surface area contributed by atoms with Crippen LogP contribution in [-0.2, 0) is 0 Å². The first-order valence-corrected chi connectivity index (χ1v) is 11.2. The van der Waals surface area contributed by atoms with E-state index in [4.69, 9.17) is 4.42 Å². The van der Waals surface area contributed by atoms with E-state index in [0.717, 1.165) is 18.4 Å². The minimum absolute atomic E-state index is 0.108. The van der Waals surface area contributed by atoms with E-state index in [1.807, 2.05) is 45.0 Å². The van der Waals surface area contributed by atoms with Crippen molar-refractivity contribution in [2.24, 2.45) is 5.92 Å². The van der Waals surface area contributed by atoms with Gasteiger partial charge < -0.3 is 20.0 Å². The Balaban J connectivity index is 1.47. The molecule has 1 atom stereocenters.